The van der Waals surface area contributed by atoms with Gasteiger partial charge in [-0.15, -0.1) is 10.2 Å². The topological polar surface area (TPSA) is 67.8 Å². The van der Waals surface area contributed by atoms with Crippen molar-refractivity contribution in [3.63, 3.8) is 0 Å². The van der Waals surface area contributed by atoms with Crippen molar-refractivity contribution in [1.82, 2.24) is 20.5 Å². The molecule has 148 valence electrons. The van der Waals surface area contributed by atoms with Crippen LogP contribution >= 0.6 is 34.9 Å². The smallest absolute Gasteiger partial charge is 0.252 e. The summed E-state index contributed by atoms with van der Waals surface area (Å²) in [5, 5.41) is 13.8. The Morgan fingerprint density at radius 1 is 1.18 bits per heavy atom. The molecule has 2 aromatic heterocycles. The maximum Gasteiger partial charge on any atom is 0.252 e. The molecular formula is C20H24N4OS3. The summed E-state index contributed by atoms with van der Waals surface area (Å²) >= 11 is 4.93. The zero-order valence-electron chi connectivity index (χ0n) is 16.1. The number of benzene rings is 1. The number of thioether (sulfide) groups is 1. The molecule has 0 spiro atoms. The zero-order chi connectivity index (χ0) is 19.8. The average Bonchev–Trinajstić information content (AvgIpc) is 3.11. The van der Waals surface area contributed by atoms with Crippen molar-refractivity contribution in [3.05, 3.63) is 40.9 Å². The van der Waals surface area contributed by atoms with Crippen LogP contribution in [0.1, 0.15) is 41.6 Å². The first-order chi connectivity index (χ1) is 13.7. The Hall–Kier alpha value is -1.64. The lowest BCUT2D eigenvalue weighted by Crippen LogP contribution is -2.25. The van der Waals surface area contributed by atoms with E-state index in [1.165, 1.54) is 41.7 Å². The fourth-order valence-corrected chi connectivity index (χ4v) is 5.45. The van der Waals surface area contributed by atoms with Crippen molar-refractivity contribution >= 4 is 51.7 Å². The SMILES string of the molecule is CCCCSCCCNC(=O)c1cc(Sc2nnc(C)s2)nc2ccccc12. The minimum atomic E-state index is -0.0487. The van der Waals surface area contributed by atoms with E-state index in [2.05, 4.69) is 27.4 Å². The van der Waals surface area contributed by atoms with Crippen LogP contribution in [0.5, 0.6) is 0 Å². The molecule has 0 saturated heterocycles. The molecule has 0 unspecified atom stereocenters. The summed E-state index contributed by atoms with van der Waals surface area (Å²) in [7, 11) is 0. The minimum absolute atomic E-state index is 0.0487. The molecule has 1 N–H and O–H groups in total. The second-order valence-corrected chi connectivity index (χ2v) is 9.96. The van der Waals surface area contributed by atoms with E-state index in [1.807, 2.05) is 49.0 Å². The largest absolute Gasteiger partial charge is 0.352 e. The molecule has 0 aliphatic carbocycles. The van der Waals surface area contributed by atoms with Gasteiger partial charge in [-0.05, 0) is 55.2 Å². The van der Waals surface area contributed by atoms with Gasteiger partial charge in [0, 0.05) is 11.9 Å². The Kier molecular flexibility index (Phi) is 8.12. The van der Waals surface area contributed by atoms with Crippen molar-refractivity contribution in [1.29, 1.82) is 0 Å². The van der Waals surface area contributed by atoms with E-state index in [4.69, 9.17) is 0 Å². The van der Waals surface area contributed by atoms with Crippen molar-refractivity contribution in [2.75, 3.05) is 18.1 Å². The van der Waals surface area contributed by atoms with Crippen LogP contribution in [0.2, 0.25) is 0 Å². The van der Waals surface area contributed by atoms with E-state index in [1.54, 1.807) is 0 Å². The summed E-state index contributed by atoms with van der Waals surface area (Å²) in [5.74, 6) is 2.23. The number of aryl methyl sites for hydroxylation is 1. The molecular weight excluding hydrogens is 408 g/mol. The van der Waals surface area contributed by atoms with Gasteiger partial charge in [-0.3, -0.25) is 4.79 Å². The van der Waals surface area contributed by atoms with E-state index in [-0.39, 0.29) is 5.91 Å². The van der Waals surface area contributed by atoms with Crippen LogP contribution < -0.4 is 5.32 Å². The van der Waals surface area contributed by atoms with Gasteiger partial charge in [0.2, 0.25) is 0 Å². The number of carbonyl (C=O) groups is 1. The maximum atomic E-state index is 12.8. The third kappa shape index (κ3) is 5.93. The fourth-order valence-electron chi connectivity index (χ4n) is 2.62. The Bertz CT molecular complexity index is 929. The predicted octanol–water partition coefficient (Wildman–Crippen LogP) is 5.20. The molecule has 0 radical (unpaired) electrons. The van der Waals surface area contributed by atoms with Gasteiger partial charge >= 0.3 is 0 Å². The van der Waals surface area contributed by atoms with Gasteiger partial charge in [-0.2, -0.15) is 11.8 Å². The van der Waals surface area contributed by atoms with Crippen LogP contribution in [0.15, 0.2) is 39.7 Å². The standard InChI is InChI=1S/C20H24N4OS3/c1-3-4-11-26-12-7-10-21-19(25)16-13-18(28-20-24-23-14(2)27-20)22-17-9-6-5-8-15(16)17/h5-6,8-9,13H,3-4,7,10-12H2,1-2H3,(H,21,25). The molecule has 8 heteroatoms. The number of hydrogen-bond acceptors (Lipinski definition) is 7. The Morgan fingerprint density at radius 2 is 2.00 bits per heavy atom. The number of hydrogen-bond donors (Lipinski definition) is 1. The van der Waals surface area contributed by atoms with Gasteiger partial charge in [-0.25, -0.2) is 4.98 Å². The lowest BCUT2D eigenvalue weighted by molar-refractivity contribution is 0.0955. The van der Waals surface area contributed by atoms with E-state index in [0.717, 1.165) is 37.4 Å². The monoisotopic (exact) mass is 432 g/mol. The molecule has 3 rings (SSSR count). The van der Waals surface area contributed by atoms with Crippen LogP contribution in [0.4, 0.5) is 0 Å². The molecule has 0 atom stereocenters. The highest BCUT2D eigenvalue weighted by Gasteiger charge is 2.14. The summed E-state index contributed by atoms with van der Waals surface area (Å²) in [6, 6.07) is 9.61. The number of fused-ring (bicyclic) bond motifs is 1. The van der Waals surface area contributed by atoms with Gasteiger partial charge in [0.05, 0.1) is 11.1 Å². The van der Waals surface area contributed by atoms with E-state index < -0.39 is 0 Å². The Balaban J connectivity index is 1.69. The molecule has 1 aromatic carbocycles. The third-order valence-electron chi connectivity index (χ3n) is 4.03. The number of amides is 1. The van der Waals surface area contributed by atoms with E-state index in [0.29, 0.717) is 12.1 Å². The number of nitrogens with one attached hydrogen (secondary N) is 1. The molecule has 0 aliphatic heterocycles. The molecule has 1 amide bonds. The van der Waals surface area contributed by atoms with Crippen LogP contribution in [-0.2, 0) is 0 Å². The summed E-state index contributed by atoms with van der Waals surface area (Å²) in [6.07, 6.45) is 3.47. The summed E-state index contributed by atoms with van der Waals surface area (Å²) in [6.45, 7) is 4.82. The van der Waals surface area contributed by atoms with Crippen molar-refractivity contribution in [2.45, 2.75) is 42.5 Å². The first-order valence-corrected chi connectivity index (χ1v) is 12.2. The lowest BCUT2D eigenvalue weighted by atomic mass is 10.1. The molecule has 28 heavy (non-hydrogen) atoms. The summed E-state index contributed by atoms with van der Waals surface area (Å²) in [4.78, 5) is 17.5. The molecule has 0 aliphatic rings. The number of para-hydroxylation sites is 1. The van der Waals surface area contributed by atoms with Crippen molar-refractivity contribution in [2.24, 2.45) is 0 Å². The number of carbonyl (C=O) groups excluding carboxylic acids is 1. The van der Waals surface area contributed by atoms with Crippen molar-refractivity contribution < 1.29 is 4.79 Å². The average molecular weight is 433 g/mol. The Labute approximate surface area is 178 Å². The first kappa shape index (κ1) is 21.1. The van der Waals surface area contributed by atoms with Crippen LogP contribution in [0.3, 0.4) is 0 Å². The minimum Gasteiger partial charge on any atom is -0.352 e. The normalized spacial score (nSPS) is 11.1. The molecule has 0 saturated carbocycles. The highest BCUT2D eigenvalue weighted by Crippen LogP contribution is 2.31. The second kappa shape index (κ2) is 10.8. The summed E-state index contributed by atoms with van der Waals surface area (Å²) < 4.78 is 0.829. The van der Waals surface area contributed by atoms with Gasteiger partial charge in [0.1, 0.15) is 10.0 Å². The van der Waals surface area contributed by atoms with E-state index >= 15 is 0 Å². The van der Waals surface area contributed by atoms with Crippen LogP contribution in [-0.4, -0.2) is 39.1 Å². The van der Waals surface area contributed by atoms with Crippen LogP contribution in [0.25, 0.3) is 10.9 Å². The quantitative estimate of drug-likeness (QED) is 0.444. The van der Waals surface area contributed by atoms with Gasteiger partial charge in [0.25, 0.3) is 5.91 Å². The number of aromatic nitrogens is 3. The Morgan fingerprint density at radius 3 is 2.79 bits per heavy atom. The highest BCUT2D eigenvalue weighted by molar-refractivity contribution is 8.01. The van der Waals surface area contributed by atoms with Gasteiger partial charge in [-0.1, -0.05) is 42.9 Å². The third-order valence-corrected chi connectivity index (χ3v) is 6.99. The van der Waals surface area contributed by atoms with Gasteiger partial charge in [0.15, 0.2) is 4.34 Å². The first-order valence-electron chi connectivity index (χ1n) is 9.41. The zero-order valence-corrected chi connectivity index (χ0v) is 18.6. The van der Waals surface area contributed by atoms with Crippen molar-refractivity contribution in [3.8, 4) is 0 Å². The number of pyridine rings is 1. The summed E-state index contributed by atoms with van der Waals surface area (Å²) in [5.41, 5.74) is 1.47. The van der Waals surface area contributed by atoms with Crippen LogP contribution in [0, 0.1) is 6.92 Å². The number of nitrogens with zero attached hydrogens (tertiary/aromatic N) is 3. The molecule has 0 fully saturated rings. The maximum absolute atomic E-state index is 12.8. The number of unbranched alkanes of at least 4 members (excludes halogenated alkanes) is 1. The highest BCUT2D eigenvalue weighted by atomic mass is 32.2. The fraction of sp³-hybridized carbons (Fsp3) is 0.400. The van der Waals surface area contributed by atoms with Gasteiger partial charge < -0.3 is 5.32 Å². The predicted molar refractivity (Wildman–Crippen MR) is 120 cm³/mol. The molecule has 0 bridgehead atoms. The number of rotatable bonds is 10. The second-order valence-electron chi connectivity index (χ2n) is 6.29. The molecule has 2 heterocycles. The van der Waals surface area contributed by atoms with E-state index in [9.17, 15) is 4.79 Å². The molecule has 5 nitrogen and oxygen atoms in total. The molecule has 3 aromatic rings. The lowest BCUT2D eigenvalue weighted by Gasteiger charge is -2.10.